The minimum absolute atomic E-state index is 0.139. The van der Waals surface area contributed by atoms with Crippen LogP contribution in [0.2, 0.25) is 0 Å². The fourth-order valence-corrected chi connectivity index (χ4v) is 4.74. The average molecular weight is 427 g/mol. The number of esters is 1. The molecule has 28 heavy (non-hydrogen) atoms. The van der Waals surface area contributed by atoms with Gasteiger partial charge in [-0.05, 0) is 43.4 Å². The van der Waals surface area contributed by atoms with Gasteiger partial charge in [0.1, 0.15) is 15.9 Å². The van der Waals surface area contributed by atoms with Crippen molar-refractivity contribution < 1.29 is 17.9 Å². The van der Waals surface area contributed by atoms with Crippen molar-refractivity contribution in [1.29, 1.82) is 0 Å². The molecule has 2 rings (SSSR count). The normalized spacial score (nSPS) is 16.6. The molecule has 1 aromatic carbocycles. The van der Waals surface area contributed by atoms with Crippen molar-refractivity contribution in [2.75, 3.05) is 24.9 Å². The van der Waals surface area contributed by atoms with Crippen molar-refractivity contribution in [3.8, 4) is 0 Å². The number of nitrogens with one attached hydrogen (secondary N) is 1. The summed E-state index contributed by atoms with van der Waals surface area (Å²) in [6.45, 7) is 0. The molecule has 0 heterocycles. The summed E-state index contributed by atoms with van der Waals surface area (Å²) in [4.78, 5) is 13.0. The number of nitrogen functional groups attached to an aromatic ring is 1. The second kappa shape index (κ2) is 9.69. The highest BCUT2D eigenvalue weighted by atomic mass is 32.2. The Hall–Kier alpha value is -1.67. The van der Waals surface area contributed by atoms with E-state index in [9.17, 15) is 13.2 Å². The second-order valence-electron chi connectivity index (χ2n) is 7.72. The molecule has 1 aliphatic rings. The fourth-order valence-electron chi connectivity index (χ4n) is 3.56. The SMILES string of the molecule is COC(=O)C(Cc1ccc(N)cc1)NC(=S)C1(CCCCS(C)(=O)=O)CCC1. The van der Waals surface area contributed by atoms with Gasteiger partial charge in [-0.1, -0.05) is 37.2 Å². The van der Waals surface area contributed by atoms with Gasteiger partial charge in [0.25, 0.3) is 0 Å². The molecule has 1 aromatic rings. The Kier molecular flexibility index (Phi) is 7.83. The molecule has 6 nitrogen and oxygen atoms in total. The van der Waals surface area contributed by atoms with Gasteiger partial charge in [0.05, 0.1) is 12.1 Å². The summed E-state index contributed by atoms with van der Waals surface area (Å²) in [6.07, 6.45) is 7.01. The van der Waals surface area contributed by atoms with E-state index in [-0.39, 0.29) is 17.1 Å². The number of unbranched alkanes of at least 4 members (excludes halogenated alkanes) is 1. The van der Waals surface area contributed by atoms with Crippen molar-refractivity contribution in [2.45, 2.75) is 51.0 Å². The first kappa shape index (κ1) is 22.6. The number of methoxy groups -OCH3 is 1. The molecule has 0 amide bonds. The molecule has 8 heteroatoms. The zero-order valence-corrected chi connectivity index (χ0v) is 18.2. The van der Waals surface area contributed by atoms with Gasteiger partial charge in [-0.3, -0.25) is 0 Å². The summed E-state index contributed by atoms with van der Waals surface area (Å²) in [7, 11) is -1.57. The number of nitrogens with two attached hydrogens (primary N) is 1. The smallest absolute Gasteiger partial charge is 0.328 e. The molecule has 0 aliphatic heterocycles. The highest BCUT2D eigenvalue weighted by molar-refractivity contribution is 7.90. The minimum atomic E-state index is -2.94. The van der Waals surface area contributed by atoms with Crippen molar-refractivity contribution in [3.63, 3.8) is 0 Å². The van der Waals surface area contributed by atoms with Gasteiger partial charge >= 0.3 is 5.97 Å². The van der Waals surface area contributed by atoms with E-state index >= 15 is 0 Å². The predicted octanol–water partition coefficient (Wildman–Crippen LogP) is 2.66. The lowest BCUT2D eigenvalue weighted by atomic mass is 9.65. The quantitative estimate of drug-likeness (QED) is 0.257. The number of hydrogen-bond acceptors (Lipinski definition) is 6. The molecule has 1 aliphatic carbocycles. The summed E-state index contributed by atoms with van der Waals surface area (Å²) in [5.74, 6) is -0.156. The maximum absolute atomic E-state index is 12.3. The van der Waals surface area contributed by atoms with Gasteiger partial charge in [0, 0.05) is 29.5 Å². The lowest BCUT2D eigenvalue weighted by Gasteiger charge is -2.43. The molecular formula is C20H30N2O4S2. The van der Waals surface area contributed by atoms with E-state index in [1.807, 2.05) is 12.1 Å². The maximum Gasteiger partial charge on any atom is 0.328 e. The van der Waals surface area contributed by atoms with E-state index in [4.69, 9.17) is 22.7 Å². The van der Waals surface area contributed by atoms with Crippen LogP contribution in [0.25, 0.3) is 0 Å². The number of carbonyl (C=O) groups is 1. The van der Waals surface area contributed by atoms with Crippen LogP contribution in [0.15, 0.2) is 24.3 Å². The molecule has 0 aromatic heterocycles. The Morgan fingerprint density at radius 1 is 1.29 bits per heavy atom. The van der Waals surface area contributed by atoms with Crippen LogP contribution in [0.3, 0.4) is 0 Å². The van der Waals surface area contributed by atoms with E-state index < -0.39 is 15.9 Å². The van der Waals surface area contributed by atoms with E-state index in [1.165, 1.54) is 13.4 Å². The van der Waals surface area contributed by atoms with Crippen LogP contribution in [-0.2, 0) is 25.8 Å². The Balaban J connectivity index is 1.99. The van der Waals surface area contributed by atoms with Gasteiger partial charge < -0.3 is 15.8 Å². The Morgan fingerprint density at radius 2 is 1.93 bits per heavy atom. The second-order valence-corrected chi connectivity index (χ2v) is 10.4. The van der Waals surface area contributed by atoms with Gasteiger partial charge in [0.15, 0.2) is 0 Å². The van der Waals surface area contributed by atoms with Gasteiger partial charge in [-0.15, -0.1) is 0 Å². The van der Waals surface area contributed by atoms with Gasteiger partial charge in [-0.2, -0.15) is 0 Å². The molecule has 3 N–H and O–H groups in total. The third kappa shape index (κ3) is 6.44. The summed E-state index contributed by atoms with van der Waals surface area (Å²) in [6, 6.07) is 6.82. The summed E-state index contributed by atoms with van der Waals surface area (Å²) in [5, 5.41) is 3.24. The molecule has 0 spiro atoms. The topological polar surface area (TPSA) is 98.5 Å². The number of rotatable bonds is 10. The van der Waals surface area contributed by atoms with Crippen LogP contribution in [0.5, 0.6) is 0 Å². The third-order valence-corrected chi connectivity index (χ3v) is 7.00. The van der Waals surface area contributed by atoms with Crippen LogP contribution >= 0.6 is 12.2 Å². The van der Waals surface area contributed by atoms with E-state index in [0.29, 0.717) is 23.5 Å². The summed E-state index contributed by atoms with van der Waals surface area (Å²) in [5.41, 5.74) is 7.23. The number of thiocarbonyl (C=S) groups is 1. The zero-order chi connectivity index (χ0) is 20.8. The van der Waals surface area contributed by atoms with Crippen molar-refractivity contribution in [3.05, 3.63) is 29.8 Å². The average Bonchev–Trinajstić information content (AvgIpc) is 2.59. The lowest BCUT2D eigenvalue weighted by Crippen LogP contribution is -2.51. The highest BCUT2D eigenvalue weighted by Crippen LogP contribution is 2.46. The van der Waals surface area contributed by atoms with E-state index in [1.54, 1.807) is 12.1 Å². The van der Waals surface area contributed by atoms with Crippen molar-refractivity contribution >= 4 is 38.7 Å². The van der Waals surface area contributed by atoms with Crippen LogP contribution in [0, 0.1) is 5.41 Å². The number of ether oxygens (including phenoxy) is 1. The molecule has 0 saturated heterocycles. The zero-order valence-electron chi connectivity index (χ0n) is 16.6. The number of hydrogen-bond donors (Lipinski definition) is 2. The lowest BCUT2D eigenvalue weighted by molar-refractivity contribution is -0.142. The highest BCUT2D eigenvalue weighted by Gasteiger charge is 2.41. The van der Waals surface area contributed by atoms with E-state index in [0.717, 1.165) is 37.7 Å². The van der Waals surface area contributed by atoms with Crippen LogP contribution in [-0.4, -0.2) is 44.5 Å². The standard InChI is InChI=1S/C20H30N2O4S2/c1-26-18(23)17(14-15-6-8-16(21)9-7-15)22-19(27)20(11-5-12-20)10-3-4-13-28(2,24)25/h6-9,17H,3-5,10-14,21H2,1-2H3,(H,22,27). The van der Waals surface area contributed by atoms with Gasteiger partial charge in [0.2, 0.25) is 0 Å². The summed E-state index contributed by atoms with van der Waals surface area (Å²) >= 11 is 5.69. The minimum Gasteiger partial charge on any atom is -0.467 e. The largest absolute Gasteiger partial charge is 0.467 e. The van der Waals surface area contributed by atoms with Crippen LogP contribution < -0.4 is 11.1 Å². The molecule has 0 bridgehead atoms. The monoisotopic (exact) mass is 426 g/mol. The van der Waals surface area contributed by atoms with Gasteiger partial charge in [-0.25, -0.2) is 13.2 Å². The predicted molar refractivity (Wildman–Crippen MR) is 116 cm³/mol. The molecule has 1 atom stereocenters. The molecule has 156 valence electrons. The number of carbonyl (C=O) groups excluding carboxylic acids is 1. The first-order chi connectivity index (χ1) is 13.1. The number of benzene rings is 1. The number of anilines is 1. The summed E-state index contributed by atoms with van der Waals surface area (Å²) < 4.78 is 27.6. The van der Waals surface area contributed by atoms with Crippen LogP contribution in [0.1, 0.15) is 44.1 Å². The van der Waals surface area contributed by atoms with Crippen molar-refractivity contribution in [1.82, 2.24) is 5.32 Å². The van der Waals surface area contributed by atoms with Crippen LogP contribution in [0.4, 0.5) is 5.69 Å². The third-order valence-electron chi connectivity index (χ3n) is 5.42. The fraction of sp³-hybridized carbons (Fsp3) is 0.600. The molecule has 0 radical (unpaired) electrons. The maximum atomic E-state index is 12.3. The van der Waals surface area contributed by atoms with E-state index in [2.05, 4.69) is 5.32 Å². The van der Waals surface area contributed by atoms with Crippen molar-refractivity contribution in [2.24, 2.45) is 5.41 Å². The Labute approximate surface area is 173 Å². The molecule has 1 unspecified atom stereocenters. The molecule has 1 fully saturated rings. The molecular weight excluding hydrogens is 396 g/mol. The first-order valence-electron chi connectivity index (χ1n) is 9.56. The Morgan fingerprint density at radius 3 is 2.43 bits per heavy atom. The molecule has 1 saturated carbocycles. The number of sulfone groups is 1. The first-order valence-corrected chi connectivity index (χ1v) is 12.0. The Bertz CT molecular complexity index is 787.